The van der Waals surface area contributed by atoms with Crippen LogP contribution in [0, 0.1) is 11.8 Å². The van der Waals surface area contributed by atoms with Crippen LogP contribution in [0.2, 0.25) is 0 Å². The van der Waals surface area contributed by atoms with Gasteiger partial charge in [-0.25, -0.2) is 0 Å². The van der Waals surface area contributed by atoms with Crippen LogP contribution in [0.3, 0.4) is 0 Å². The summed E-state index contributed by atoms with van der Waals surface area (Å²) in [6, 6.07) is 3.31. The predicted octanol–water partition coefficient (Wildman–Crippen LogP) is 2.42. The Labute approximate surface area is 124 Å². The van der Waals surface area contributed by atoms with E-state index in [1.165, 1.54) is 24.2 Å². The highest BCUT2D eigenvalue weighted by molar-refractivity contribution is 7.12. The normalized spacial score (nSPS) is 17.6. The molecular formula is C15H22N2O2S. The first-order valence-electron chi connectivity index (χ1n) is 7.13. The summed E-state index contributed by atoms with van der Waals surface area (Å²) in [6.45, 7) is 5.93. The van der Waals surface area contributed by atoms with Crippen LogP contribution >= 0.6 is 11.3 Å². The van der Waals surface area contributed by atoms with Gasteiger partial charge < -0.3 is 10.6 Å². The third kappa shape index (κ3) is 3.82. The average Bonchev–Trinajstić information content (AvgIpc) is 3.10. The number of amides is 2. The fraction of sp³-hybridized carbons (Fsp3) is 0.600. The zero-order valence-corrected chi connectivity index (χ0v) is 13.0. The first kappa shape index (κ1) is 15.0. The Morgan fingerprint density at radius 2 is 1.95 bits per heavy atom. The topological polar surface area (TPSA) is 58.2 Å². The van der Waals surface area contributed by atoms with Gasteiger partial charge in [0.2, 0.25) is 5.91 Å². The average molecular weight is 294 g/mol. The van der Waals surface area contributed by atoms with E-state index in [1.807, 2.05) is 32.2 Å². The van der Waals surface area contributed by atoms with Crippen LogP contribution in [0.1, 0.15) is 43.3 Å². The summed E-state index contributed by atoms with van der Waals surface area (Å²) >= 11 is 1.38. The van der Waals surface area contributed by atoms with E-state index in [4.69, 9.17) is 0 Å². The third-order valence-electron chi connectivity index (χ3n) is 3.68. The number of hydrogen-bond acceptors (Lipinski definition) is 3. The SMILES string of the molecule is CC(C)[C@H](NC(=O)c1cccs1)C(=O)N[C@H](C)C1CC1. The molecule has 2 rings (SSSR count). The van der Waals surface area contributed by atoms with E-state index in [1.54, 1.807) is 6.07 Å². The Kier molecular flexibility index (Phi) is 4.81. The van der Waals surface area contributed by atoms with Crippen molar-refractivity contribution in [1.82, 2.24) is 10.6 Å². The second-order valence-electron chi connectivity index (χ2n) is 5.81. The molecule has 0 radical (unpaired) electrons. The summed E-state index contributed by atoms with van der Waals surface area (Å²) in [6.07, 6.45) is 2.38. The minimum Gasteiger partial charge on any atom is -0.352 e. The van der Waals surface area contributed by atoms with Crippen molar-refractivity contribution in [1.29, 1.82) is 0 Å². The van der Waals surface area contributed by atoms with Crippen molar-refractivity contribution in [3.8, 4) is 0 Å². The molecule has 1 saturated carbocycles. The van der Waals surface area contributed by atoms with E-state index in [0.29, 0.717) is 10.8 Å². The number of rotatable bonds is 6. The van der Waals surface area contributed by atoms with Gasteiger partial charge in [-0.2, -0.15) is 0 Å². The minimum atomic E-state index is -0.481. The fourth-order valence-electron chi connectivity index (χ4n) is 2.18. The predicted molar refractivity (Wildman–Crippen MR) is 80.7 cm³/mol. The lowest BCUT2D eigenvalue weighted by atomic mass is 10.0. The summed E-state index contributed by atoms with van der Waals surface area (Å²) < 4.78 is 0. The van der Waals surface area contributed by atoms with Gasteiger partial charge in [0, 0.05) is 6.04 Å². The van der Waals surface area contributed by atoms with Crippen molar-refractivity contribution in [3.05, 3.63) is 22.4 Å². The maximum absolute atomic E-state index is 12.3. The van der Waals surface area contributed by atoms with E-state index in [0.717, 1.165) is 0 Å². The lowest BCUT2D eigenvalue weighted by Gasteiger charge is -2.23. The lowest BCUT2D eigenvalue weighted by molar-refractivity contribution is -0.124. The fourth-order valence-corrected chi connectivity index (χ4v) is 2.81. The van der Waals surface area contributed by atoms with Gasteiger partial charge in [-0.15, -0.1) is 11.3 Å². The highest BCUT2D eigenvalue weighted by atomic mass is 32.1. The number of thiophene rings is 1. The molecule has 20 heavy (non-hydrogen) atoms. The molecule has 1 heterocycles. The van der Waals surface area contributed by atoms with Crippen LogP contribution in [0.5, 0.6) is 0 Å². The molecule has 4 nitrogen and oxygen atoms in total. The Bertz CT molecular complexity index is 466. The Morgan fingerprint density at radius 1 is 1.25 bits per heavy atom. The Morgan fingerprint density at radius 3 is 2.45 bits per heavy atom. The first-order valence-corrected chi connectivity index (χ1v) is 8.01. The zero-order chi connectivity index (χ0) is 14.7. The van der Waals surface area contributed by atoms with Crippen LogP contribution in [0.25, 0.3) is 0 Å². The largest absolute Gasteiger partial charge is 0.352 e. The van der Waals surface area contributed by atoms with E-state index >= 15 is 0 Å². The van der Waals surface area contributed by atoms with Gasteiger partial charge in [0.05, 0.1) is 4.88 Å². The van der Waals surface area contributed by atoms with Gasteiger partial charge in [-0.1, -0.05) is 19.9 Å². The molecule has 1 aliphatic carbocycles. The molecule has 0 saturated heterocycles. The van der Waals surface area contributed by atoms with E-state index in [9.17, 15) is 9.59 Å². The van der Waals surface area contributed by atoms with Gasteiger partial charge in [-0.05, 0) is 43.0 Å². The smallest absolute Gasteiger partial charge is 0.262 e. The molecule has 2 atom stereocenters. The molecule has 1 fully saturated rings. The number of carbonyl (C=O) groups is 2. The Balaban J connectivity index is 1.95. The molecule has 0 spiro atoms. The minimum absolute atomic E-state index is 0.0605. The quantitative estimate of drug-likeness (QED) is 0.846. The summed E-state index contributed by atoms with van der Waals surface area (Å²) in [5.74, 6) is 0.419. The molecule has 2 N–H and O–H groups in total. The maximum atomic E-state index is 12.3. The molecule has 0 unspecified atom stereocenters. The van der Waals surface area contributed by atoms with Crippen molar-refractivity contribution in [2.75, 3.05) is 0 Å². The van der Waals surface area contributed by atoms with Gasteiger partial charge in [0.25, 0.3) is 5.91 Å². The van der Waals surface area contributed by atoms with Crippen molar-refractivity contribution in [3.63, 3.8) is 0 Å². The van der Waals surface area contributed by atoms with Crippen LogP contribution in [-0.2, 0) is 4.79 Å². The standard InChI is InChI=1S/C15H22N2O2S/c1-9(2)13(15(19)16-10(3)11-6-7-11)17-14(18)12-5-4-8-20-12/h4-5,8-11,13H,6-7H2,1-3H3,(H,16,19)(H,17,18)/t10-,13+/m1/s1. The van der Waals surface area contributed by atoms with Crippen molar-refractivity contribution in [2.45, 2.75) is 45.7 Å². The molecule has 2 amide bonds. The lowest BCUT2D eigenvalue weighted by Crippen LogP contribution is -2.51. The monoisotopic (exact) mass is 294 g/mol. The molecule has 0 aliphatic heterocycles. The third-order valence-corrected chi connectivity index (χ3v) is 4.55. The second kappa shape index (κ2) is 6.39. The maximum Gasteiger partial charge on any atom is 0.262 e. The van der Waals surface area contributed by atoms with E-state index in [-0.39, 0.29) is 23.8 Å². The molecule has 0 bridgehead atoms. The Hall–Kier alpha value is -1.36. The second-order valence-corrected chi connectivity index (χ2v) is 6.75. The molecule has 1 aromatic heterocycles. The van der Waals surface area contributed by atoms with Crippen molar-refractivity contribution < 1.29 is 9.59 Å². The highest BCUT2D eigenvalue weighted by Crippen LogP contribution is 2.32. The first-order chi connectivity index (χ1) is 9.49. The molecule has 1 aromatic rings. The summed E-state index contributed by atoms with van der Waals surface area (Å²) in [4.78, 5) is 25.0. The van der Waals surface area contributed by atoms with Gasteiger partial charge in [0.15, 0.2) is 0 Å². The van der Waals surface area contributed by atoms with Crippen LogP contribution in [0.15, 0.2) is 17.5 Å². The number of nitrogens with one attached hydrogen (secondary N) is 2. The van der Waals surface area contributed by atoms with Crippen molar-refractivity contribution >= 4 is 23.2 Å². The summed E-state index contributed by atoms with van der Waals surface area (Å²) in [7, 11) is 0. The molecular weight excluding hydrogens is 272 g/mol. The van der Waals surface area contributed by atoms with Gasteiger partial charge in [0.1, 0.15) is 6.04 Å². The molecule has 5 heteroatoms. The van der Waals surface area contributed by atoms with E-state index < -0.39 is 6.04 Å². The van der Waals surface area contributed by atoms with Crippen LogP contribution < -0.4 is 10.6 Å². The van der Waals surface area contributed by atoms with Crippen molar-refractivity contribution in [2.24, 2.45) is 11.8 Å². The molecule has 1 aliphatic rings. The molecule has 110 valence electrons. The number of carbonyl (C=O) groups excluding carboxylic acids is 2. The summed E-state index contributed by atoms with van der Waals surface area (Å²) in [5.41, 5.74) is 0. The zero-order valence-electron chi connectivity index (χ0n) is 12.2. The number of hydrogen-bond donors (Lipinski definition) is 2. The van der Waals surface area contributed by atoms with Gasteiger partial charge >= 0.3 is 0 Å². The molecule has 0 aromatic carbocycles. The van der Waals surface area contributed by atoms with Gasteiger partial charge in [-0.3, -0.25) is 9.59 Å². The van der Waals surface area contributed by atoms with Crippen LogP contribution in [0.4, 0.5) is 0 Å². The van der Waals surface area contributed by atoms with Crippen LogP contribution in [-0.4, -0.2) is 23.9 Å². The highest BCUT2D eigenvalue weighted by Gasteiger charge is 2.32. The summed E-state index contributed by atoms with van der Waals surface area (Å²) in [5, 5.41) is 7.72. The van der Waals surface area contributed by atoms with E-state index in [2.05, 4.69) is 10.6 Å².